The number of hydrogen-bond acceptors (Lipinski definition) is 2. The molecule has 1 saturated heterocycles. The van der Waals surface area contributed by atoms with Crippen LogP contribution in [0.4, 0.5) is 0 Å². The zero-order valence-electron chi connectivity index (χ0n) is 11.8. The van der Waals surface area contributed by atoms with Crippen LogP contribution in [-0.2, 0) is 4.79 Å². The van der Waals surface area contributed by atoms with E-state index in [2.05, 4.69) is 17.1 Å². The molecule has 0 bridgehead atoms. The predicted octanol–water partition coefficient (Wildman–Crippen LogP) is 2.56. The monoisotopic (exact) mass is 252 g/mol. The van der Waals surface area contributed by atoms with Crippen molar-refractivity contribution < 1.29 is 4.79 Å². The Kier molecular flexibility index (Phi) is 5.48. The van der Waals surface area contributed by atoms with E-state index in [1.54, 1.807) is 0 Å². The Balaban J connectivity index is 1.89. The number of piperidine rings is 1. The van der Waals surface area contributed by atoms with Gasteiger partial charge < -0.3 is 10.2 Å². The van der Waals surface area contributed by atoms with Crippen molar-refractivity contribution in [2.45, 2.75) is 64.3 Å². The molecule has 2 aliphatic rings. The van der Waals surface area contributed by atoms with Crippen molar-refractivity contribution in [3.63, 3.8) is 0 Å². The minimum Gasteiger partial charge on any atom is -0.341 e. The maximum atomic E-state index is 11.9. The zero-order valence-corrected chi connectivity index (χ0v) is 11.8. The van der Waals surface area contributed by atoms with E-state index in [1.807, 2.05) is 0 Å². The molecule has 1 N–H and O–H groups in total. The molecule has 2 fully saturated rings. The molecule has 1 saturated carbocycles. The molecule has 0 aromatic rings. The van der Waals surface area contributed by atoms with E-state index in [-0.39, 0.29) is 0 Å². The number of nitrogens with zero attached hydrogens (tertiary/aromatic N) is 1. The summed E-state index contributed by atoms with van der Waals surface area (Å²) in [4.78, 5) is 14.0. The van der Waals surface area contributed by atoms with Crippen LogP contribution in [0.15, 0.2) is 0 Å². The standard InChI is InChI=1S/C15H28N2O/c1-2-16-14(13-8-4-3-5-9-13)12-17-11-7-6-10-15(17)18/h13-14,16H,2-12H2,1H3. The molecule has 1 atom stereocenters. The smallest absolute Gasteiger partial charge is 0.222 e. The minimum atomic E-state index is 0.375. The van der Waals surface area contributed by atoms with E-state index in [1.165, 1.54) is 38.5 Å². The molecule has 18 heavy (non-hydrogen) atoms. The summed E-state index contributed by atoms with van der Waals surface area (Å²) in [6.07, 6.45) is 9.89. The Morgan fingerprint density at radius 2 is 2.00 bits per heavy atom. The highest BCUT2D eigenvalue weighted by Crippen LogP contribution is 2.27. The molecule has 3 heteroatoms. The van der Waals surface area contributed by atoms with E-state index in [0.717, 1.165) is 38.4 Å². The molecule has 0 aromatic carbocycles. The van der Waals surface area contributed by atoms with Crippen LogP contribution >= 0.6 is 0 Å². The lowest BCUT2D eigenvalue weighted by Crippen LogP contribution is -2.49. The number of nitrogens with one attached hydrogen (secondary N) is 1. The van der Waals surface area contributed by atoms with Gasteiger partial charge in [-0.2, -0.15) is 0 Å². The van der Waals surface area contributed by atoms with Gasteiger partial charge in [0.15, 0.2) is 0 Å². The molecular formula is C15H28N2O. The first-order valence-corrected chi connectivity index (χ1v) is 7.82. The summed E-state index contributed by atoms with van der Waals surface area (Å²) < 4.78 is 0. The summed E-state index contributed by atoms with van der Waals surface area (Å²) >= 11 is 0. The van der Waals surface area contributed by atoms with Gasteiger partial charge in [-0.1, -0.05) is 26.2 Å². The van der Waals surface area contributed by atoms with Gasteiger partial charge in [-0.25, -0.2) is 0 Å². The van der Waals surface area contributed by atoms with E-state index >= 15 is 0 Å². The van der Waals surface area contributed by atoms with Gasteiger partial charge in [0.1, 0.15) is 0 Å². The van der Waals surface area contributed by atoms with Crippen LogP contribution in [0.25, 0.3) is 0 Å². The Hall–Kier alpha value is -0.570. The molecule has 1 aliphatic heterocycles. The summed E-state index contributed by atoms with van der Waals surface area (Å²) in [5.41, 5.74) is 0. The second kappa shape index (κ2) is 7.13. The second-order valence-corrected chi connectivity index (χ2v) is 5.86. The molecule has 0 aromatic heterocycles. The van der Waals surface area contributed by atoms with E-state index in [9.17, 15) is 4.79 Å². The van der Waals surface area contributed by atoms with Gasteiger partial charge in [0.05, 0.1) is 0 Å². The van der Waals surface area contributed by atoms with E-state index < -0.39 is 0 Å². The number of likely N-dealkylation sites (tertiary alicyclic amines) is 1. The van der Waals surface area contributed by atoms with Crippen LogP contribution in [0, 0.1) is 5.92 Å². The lowest BCUT2D eigenvalue weighted by atomic mass is 9.83. The quantitative estimate of drug-likeness (QED) is 0.815. The number of rotatable bonds is 5. The van der Waals surface area contributed by atoms with Gasteiger partial charge in [-0.15, -0.1) is 0 Å². The van der Waals surface area contributed by atoms with Gasteiger partial charge in [0, 0.05) is 25.6 Å². The van der Waals surface area contributed by atoms with Crippen molar-refractivity contribution in [2.75, 3.05) is 19.6 Å². The molecular weight excluding hydrogens is 224 g/mol. The van der Waals surface area contributed by atoms with Crippen LogP contribution in [0.3, 0.4) is 0 Å². The maximum absolute atomic E-state index is 11.9. The second-order valence-electron chi connectivity index (χ2n) is 5.86. The summed E-state index contributed by atoms with van der Waals surface area (Å²) in [6.45, 7) is 5.11. The number of amides is 1. The lowest BCUT2D eigenvalue weighted by molar-refractivity contribution is -0.133. The molecule has 1 heterocycles. The van der Waals surface area contributed by atoms with Gasteiger partial charge in [-0.3, -0.25) is 4.79 Å². The van der Waals surface area contributed by atoms with Crippen molar-refractivity contribution in [3.05, 3.63) is 0 Å². The van der Waals surface area contributed by atoms with Crippen molar-refractivity contribution in [1.82, 2.24) is 10.2 Å². The molecule has 2 rings (SSSR count). The van der Waals surface area contributed by atoms with E-state index in [4.69, 9.17) is 0 Å². The van der Waals surface area contributed by atoms with Crippen LogP contribution in [0.2, 0.25) is 0 Å². The highest BCUT2D eigenvalue weighted by Gasteiger charge is 2.27. The first-order valence-electron chi connectivity index (χ1n) is 7.82. The van der Waals surface area contributed by atoms with Crippen LogP contribution < -0.4 is 5.32 Å². The summed E-state index contributed by atoms with van der Waals surface area (Å²) in [5, 5.41) is 3.63. The molecule has 1 aliphatic carbocycles. The molecule has 0 spiro atoms. The highest BCUT2D eigenvalue weighted by molar-refractivity contribution is 5.76. The Labute approximate surface area is 111 Å². The average molecular weight is 252 g/mol. The number of carbonyl (C=O) groups is 1. The van der Waals surface area contributed by atoms with Crippen molar-refractivity contribution in [2.24, 2.45) is 5.92 Å². The molecule has 1 amide bonds. The summed E-state index contributed by atoms with van der Waals surface area (Å²) in [5.74, 6) is 1.16. The summed E-state index contributed by atoms with van der Waals surface area (Å²) in [6, 6.07) is 0.525. The van der Waals surface area contributed by atoms with Crippen molar-refractivity contribution in [1.29, 1.82) is 0 Å². The number of likely N-dealkylation sites (N-methyl/N-ethyl adjacent to an activating group) is 1. The third-order valence-electron chi connectivity index (χ3n) is 4.52. The minimum absolute atomic E-state index is 0.375. The van der Waals surface area contributed by atoms with Crippen LogP contribution in [0.5, 0.6) is 0 Å². The highest BCUT2D eigenvalue weighted by atomic mass is 16.2. The molecule has 3 nitrogen and oxygen atoms in total. The Morgan fingerprint density at radius 1 is 1.22 bits per heavy atom. The van der Waals surface area contributed by atoms with Crippen LogP contribution in [-0.4, -0.2) is 36.5 Å². The first-order chi connectivity index (χ1) is 8.81. The normalized spacial score (nSPS) is 24.3. The fourth-order valence-corrected chi connectivity index (χ4v) is 3.47. The average Bonchev–Trinajstić information content (AvgIpc) is 2.42. The third-order valence-corrected chi connectivity index (χ3v) is 4.52. The third kappa shape index (κ3) is 3.71. The largest absolute Gasteiger partial charge is 0.341 e. The number of hydrogen-bond donors (Lipinski definition) is 1. The maximum Gasteiger partial charge on any atom is 0.222 e. The topological polar surface area (TPSA) is 32.3 Å². The molecule has 0 radical (unpaired) electrons. The van der Waals surface area contributed by atoms with Gasteiger partial charge in [0.25, 0.3) is 0 Å². The molecule has 104 valence electrons. The Morgan fingerprint density at radius 3 is 2.67 bits per heavy atom. The summed E-state index contributed by atoms with van der Waals surface area (Å²) in [7, 11) is 0. The van der Waals surface area contributed by atoms with Gasteiger partial charge in [-0.05, 0) is 38.1 Å². The SMILES string of the molecule is CCNC(CN1CCCCC1=O)C1CCCCC1. The van der Waals surface area contributed by atoms with Gasteiger partial charge >= 0.3 is 0 Å². The Bertz CT molecular complexity index is 261. The van der Waals surface area contributed by atoms with Crippen molar-refractivity contribution >= 4 is 5.91 Å². The first kappa shape index (κ1) is 13.9. The number of carbonyl (C=O) groups excluding carboxylic acids is 1. The fraction of sp³-hybridized carbons (Fsp3) is 0.933. The van der Waals surface area contributed by atoms with Crippen molar-refractivity contribution in [3.8, 4) is 0 Å². The zero-order chi connectivity index (χ0) is 12.8. The predicted molar refractivity (Wildman–Crippen MR) is 74.5 cm³/mol. The van der Waals surface area contributed by atoms with Gasteiger partial charge in [0.2, 0.25) is 5.91 Å². The lowest BCUT2D eigenvalue weighted by Gasteiger charge is -2.36. The van der Waals surface area contributed by atoms with E-state index in [0.29, 0.717) is 11.9 Å². The van der Waals surface area contributed by atoms with Crippen LogP contribution in [0.1, 0.15) is 58.3 Å². The fourth-order valence-electron chi connectivity index (χ4n) is 3.47. The molecule has 1 unspecified atom stereocenters.